The Morgan fingerprint density at radius 2 is 1.86 bits per heavy atom. The summed E-state index contributed by atoms with van der Waals surface area (Å²) in [6, 6.07) is 18.2. The Morgan fingerprint density at radius 3 is 2.54 bits per heavy atom. The smallest absolute Gasteiger partial charge is 0.230 e. The number of carbonyl (C=O) groups is 1. The number of amides is 1. The van der Waals surface area contributed by atoms with Crippen LogP contribution in [0.3, 0.4) is 0 Å². The lowest BCUT2D eigenvalue weighted by Crippen LogP contribution is -2.29. The second-order valence-electron chi connectivity index (χ2n) is 6.65. The molecule has 0 saturated heterocycles. The molecular formula is C21H25N5OS. The first-order valence-corrected chi connectivity index (χ1v) is 10.3. The molecule has 1 heterocycles. The number of hydrogen-bond donors (Lipinski definition) is 2. The minimum atomic E-state index is -0.0423. The summed E-state index contributed by atoms with van der Waals surface area (Å²) in [5.41, 5.74) is 3.30. The van der Waals surface area contributed by atoms with E-state index in [1.165, 1.54) is 27.6 Å². The van der Waals surface area contributed by atoms with E-state index in [1.807, 2.05) is 49.4 Å². The molecule has 2 aromatic carbocycles. The fraction of sp³-hybridized carbons (Fsp3) is 0.286. The summed E-state index contributed by atoms with van der Waals surface area (Å²) >= 11 is 1.28. The molecule has 1 aromatic heterocycles. The van der Waals surface area contributed by atoms with Crippen LogP contribution in [0.4, 0.5) is 0 Å². The molecule has 0 radical (unpaired) electrons. The number of nitrogens with zero attached hydrogens (tertiary/aromatic N) is 3. The molecule has 0 fully saturated rings. The molecule has 7 heteroatoms. The van der Waals surface area contributed by atoms with Crippen LogP contribution in [-0.2, 0) is 4.79 Å². The van der Waals surface area contributed by atoms with E-state index >= 15 is 0 Å². The third-order valence-corrected chi connectivity index (χ3v) is 5.56. The van der Waals surface area contributed by atoms with E-state index in [2.05, 4.69) is 34.6 Å². The van der Waals surface area contributed by atoms with Crippen LogP contribution in [0.5, 0.6) is 0 Å². The summed E-state index contributed by atoms with van der Waals surface area (Å²) in [4.78, 5) is 12.3. The molecule has 3 rings (SSSR count). The lowest BCUT2D eigenvalue weighted by molar-refractivity contribution is -0.118. The largest absolute Gasteiger partial charge is 0.355 e. The molecule has 6 nitrogen and oxygen atoms in total. The van der Waals surface area contributed by atoms with Crippen molar-refractivity contribution in [1.29, 1.82) is 0 Å². The van der Waals surface area contributed by atoms with E-state index in [-0.39, 0.29) is 11.7 Å². The van der Waals surface area contributed by atoms with Crippen LogP contribution in [0, 0.1) is 6.92 Å². The molecule has 3 N–H and O–H groups in total. The molecule has 0 aliphatic rings. The number of hydrogen-bond acceptors (Lipinski definition) is 5. The Bertz CT molecular complexity index is 908. The van der Waals surface area contributed by atoms with Crippen molar-refractivity contribution in [2.24, 2.45) is 0 Å². The quantitative estimate of drug-likeness (QED) is 0.451. The highest BCUT2D eigenvalue weighted by Gasteiger charge is 2.15. The molecular weight excluding hydrogens is 370 g/mol. The first-order valence-electron chi connectivity index (χ1n) is 9.30. The summed E-state index contributed by atoms with van der Waals surface area (Å²) in [5, 5.41) is 11.8. The van der Waals surface area contributed by atoms with E-state index in [0.717, 1.165) is 12.0 Å². The summed E-state index contributed by atoms with van der Waals surface area (Å²) in [7, 11) is 0. The monoisotopic (exact) mass is 395 g/mol. The van der Waals surface area contributed by atoms with Gasteiger partial charge in [-0.3, -0.25) is 4.79 Å². The van der Waals surface area contributed by atoms with Crippen LogP contribution >= 0.6 is 11.8 Å². The number of rotatable bonds is 8. The Hall–Kier alpha value is -2.80. The van der Waals surface area contributed by atoms with Crippen LogP contribution < -0.4 is 11.2 Å². The normalized spacial score (nSPS) is 11.9. The second-order valence-corrected chi connectivity index (χ2v) is 7.59. The fourth-order valence-corrected chi connectivity index (χ4v) is 3.60. The predicted molar refractivity (Wildman–Crippen MR) is 114 cm³/mol. The molecule has 1 unspecified atom stereocenters. The lowest BCUT2D eigenvalue weighted by atomic mass is 9.96. The average Bonchev–Trinajstić information content (AvgIpc) is 3.09. The van der Waals surface area contributed by atoms with Crippen molar-refractivity contribution in [1.82, 2.24) is 20.2 Å². The van der Waals surface area contributed by atoms with Crippen molar-refractivity contribution < 1.29 is 4.79 Å². The third-order valence-electron chi connectivity index (χ3n) is 4.62. The van der Waals surface area contributed by atoms with Gasteiger partial charge in [-0.1, -0.05) is 78.8 Å². The molecule has 28 heavy (non-hydrogen) atoms. The van der Waals surface area contributed by atoms with Gasteiger partial charge >= 0.3 is 0 Å². The Morgan fingerprint density at radius 1 is 1.14 bits per heavy atom. The van der Waals surface area contributed by atoms with Crippen LogP contribution in [0.15, 0.2) is 59.8 Å². The lowest BCUT2D eigenvalue weighted by Gasteiger charge is -2.16. The van der Waals surface area contributed by atoms with Gasteiger partial charge in [-0.05, 0) is 18.9 Å². The van der Waals surface area contributed by atoms with Crippen molar-refractivity contribution in [3.63, 3.8) is 0 Å². The minimum Gasteiger partial charge on any atom is -0.355 e. The zero-order valence-corrected chi connectivity index (χ0v) is 16.9. The zero-order valence-electron chi connectivity index (χ0n) is 16.1. The van der Waals surface area contributed by atoms with E-state index in [4.69, 9.17) is 5.84 Å². The van der Waals surface area contributed by atoms with Gasteiger partial charge in [0.05, 0.1) is 5.75 Å². The van der Waals surface area contributed by atoms with Gasteiger partial charge in [0.25, 0.3) is 0 Å². The van der Waals surface area contributed by atoms with Crippen LogP contribution in [0.25, 0.3) is 11.4 Å². The molecule has 0 bridgehead atoms. The van der Waals surface area contributed by atoms with E-state index < -0.39 is 0 Å². The number of nitrogen functional groups attached to an aromatic ring is 1. The van der Waals surface area contributed by atoms with E-state index in [0.29, 0.717) is 23.4 Å². The number of benzene rings is 2. The van der Waals surface area contributed by atoms with Gasteiger partial charge in [0, 0.05) is 18.0 Å². The van der Waals surface area contributed by atoms with E-state index in [1.54, 1.807) is 0 Å². The van der Waals surface area contributed by atoms with Crippen LogP contribution in [0.2, 0.25) is 0 Å². The Kier molecular flexibility index (Phi) is 6.71. The number of nitrogens with one attached hydrogen (secondary N) is 1. The first-order chi connectivity index (χ1) is 13.6. The average molecular weight is 396 g/mol. The van der Waals surface area contributed by atoms with Gasteiger partial charge in [0.1, 0.15) is 0 Å². The highest BCUT2D eigenvalue weighted by atomic mass is 32.2. The molecule has 3 aromatic rings. The SMILES string of the molecule is CCC(CNC(=O)CSc1nnc(-c2ccc(C)cc2)n1N)c1ccccc1. The summed E-state index contributed by atoms with van der Waals surface area (Å²) in [6.45, 7) is 4.77. The van der Waals surface area contributed by atoms with Gasteiger partial charge in [0.15, 0.2) is 5.82 Å². The second kappa shape index (κ2) is 9.41. The van der Waals surface area contributed by atoms with Gasteiger partial charge < -0.3 is 11.2 Å². The topological polar surface area (TPSA) is 85.8 Å². The van der Waals surface area contributed by atoms with Gasteiger partial charge in [-0.2, -0.15) is 0 Å². The standard InChI is InChI=1S/C21H25N5OS/c1-3-16(17-7-5-4-6-8-17)13-23-19(27)14-28-21-25-24-20(26(21)22)18-11-9-15(2)10-12-18/h4-12,16H,3,13-14,22H2,1-2H3,(H,23,27). The molecule has 146 valence electrons. The van der Waals surface area contributed by atoms with Gasteiger partial charge in [-0.25, -0.2) is 4.68 Å². The molecule has 0 spiro atoms. The van der Waals surface area contributed by atoms with Crippen molar-refractivity contribution in [3.8, 4) is 11.4 Å². The van der Waals surface area contributed by atoms with Crippen molar-refractivity contribution in [3.05, 3.63) is 65.7 Å². The van der Waals surface area contributed by atoms with Crippen molar-refractivity contribution in [2.45, 2.75) is 31.3 Å². The maximum Gasteiger partial charge on any atom is 0.230 e. The highest BCUT2D eigenvalue weighted by molar-refractivity contribution is 7.99. The maximum atomic E-state index is 12.3. The third kappa shape index (κ3) is 4.92. The summed E-state index contributed by atoms with van der Waals surface area (Å²) < 4.78 is 1.43. The molecule has 1 atom stereocenters. The minimum absolute atomic E-state index is 0.0423. The summed E-state index contributed by atoms with van der Waals surface area (Å²) in [5.74, 6) is 7.21. The predicted octanol–water partition coefficient (Wildman–Crippen LogP) is 3.37. The fourth-order valence-electron chi connectivity index (χ4n) is 2.92. The van der Waals surface area contributed by atoms with Crippen LogP contribution in [-0.4, -0.2) is 33.1 Å². The van der Waals surface area contributed by atoms with Gasteiger partial charge in [0.2, 0.25) is 11.1 Å². The number of carbonyl (C=O) groups excluding carboxylic acids is 1. The number of aryl methyl sites for hydroxylation is 1. The molecule has 0 aliphatic heterocycles. The van der Waals surface area contributed by atoms with E-state index in [9.17, 15) is 4.79 Å². The number of thioether (sulfide) groups is 1. The highest BCUT2D eigenvalue weighted by Crippen LogP contribution is 2.22. The number of nitrogens with two attached hydrogens (primary N) is 1. The molecule has 0 aliphatic carbocycles. The molecule has 1 amide bonds. The van der Waals surface area contributed by atoms with Crippen molar-refractivity contribution in [2.75, 3.05) is 18.1 Å². The molecule has 0 saturated carbocycles. The number of aromatic nitrogens is 3. The van der Waals surface area contributed by atoms with Crippen molar-refractivity contribution >= 4 is 17.7 Å². The first kappa shape index (κ1) is 19.9. The van der Waals surface area contributed by atoms with Gasteiger partial charge in [-0.15, -0.1) is 10.2 Å². The maximum absolute atomic E-state index is 12.3. The Balaban J connectivity index is 1.54. The summed E-state index contributed by atoms with van der Waals surface area (Å²) in [6.07, 6.45) is 0.967. The zero-order chi connectivity index (χ0) is 19.9. The van der Waals surface area contributed by atoms with Crippen LogP contribution in [0.1, 0.15) is 30.4 Å². The Labute approximate surface area is 169 Å².